The molecule has 4 aromatic rings. The van der Waals surface area contributed by atoms with Gasteiger partial charge in [0.15, 0.2) is 0 Å². The molecule has 1 unspecified atom stereocenters. The van der Waals surface area contributed by atoms with Crippen molar-refractivity contribution >= 4 is 68.9 Å². The summed E-state index contributed by atoms with van der Waals surface area (Å²) in [4.78, 5) is 26.2. The monoisotopic (exact) mass is 494 g/mol. The Morgan fingerprint density at radius 3 is 2.24 bits per heavy atom. The van der Waals surface area contributed by atoms with Gasteiger partial charge in [-0.15, -0.1) is 11.8 Å². The third kappa shape index (κ3) is 6.08. The molecule has 2 amide bonds. The number of carbonyl (C=O) groups is 2. The van der Waals surface area contributed by atoms with Gasteiger partial charge in [-0.05, 0) is 66.2 Å². The lowest BCUT2D eigenvalue weighted by Gasteiger charge is -2.13. The average molecular weight is 495 g/mol. The van der Waals surface area contributed by atoms with E-state index < -0.39 is 0 Å². The minimum Gasteiger partial charge on any atom is -0.325 e. The average Bonchev–Trinajstić information content (AvgIpc) is 2.78. The first-order chi connectivity index (χ1) is 15.9. The minimum absolute atomic E-state index is 0.177. The van der Waals surface area contributed by atoms with Gasteiger partial charge in [0.1, 0.15) is 0 Å². The summed E-state index contributed by atoms with van der Waals surface area (Å²) in [5.41, 5.74) is 1.79. The highest BCUT2D eigenvalue weighted by molar-refractivity contribution is 8.00. The van der Waals surface area contributed by atoms with Gasteiger partial charge >= 0.3 is 0 Å². The molecule has 0 bridgehead atoms. The summed E-state index contributed by atoms with van der Waals surface area (Å²) in [7, 11) is 0. The zero-order valence-electron chi connectivity index (χ0n) is 17.6. The molecule has 0 fully saturated rings. The molecule has 0 spiro atoms. The molecule has 2 N–H and O–H groups in total. The molecule has 7 heteroatoms. The molecule has 33 heavy (non-hydrogen) atoms. The van der Waals surface area contributed by atoms with Crippen LogP contribution in [-0.2, 0) is 4.79 Å². The van der Waals surface area contributed by atoms with Crippen molar-refractivity contribution in [2.45, 2.75) is 17.1 Å². The van der Waals surface area contributed by atoms with Gasteiger partial charge in [0.05, 0.1) is 5.25 Å². The topological polar surface area (TPSA) is 58.2 Å². The first-order valence-corrected chi connectivity index (χ1v) is 11.8. The number of carbonyl (C=O) groups excluding carboxylic acids is 2. The highest BCUT2D eigenvalue weighted by Gasteiger charge is 2.16. The normalized spacial score (nSPS) is 11.7. The van der Waals surface area contributed by atoms with Gasteiger partial charge in [0.2, 0.25) is 5.91 Å². The number of benzene rings is 4. The summed E-state index contributed by atoms with van der Waals surface area (Å²) in [6, 6.07) is 25.8. The predicted molar refractivity (Wildman–Crippen MR) is 139 cm³/mol. The molecule has 0 aliphatic rings. The van der Waals surface area contributed by atoms with Gasteiger partial charge in [-0.3, -0.25) is 9.59 Å². The second-order valence-electron chi connectivity index (χ2n) is 7.45. The van der Waals surface area contributed by atoms with E-state index in [2.05, 4.69) is 10.6 Å². The van der Waals surface area contributed by atoms with Crippen LogP contribution in [0.4, 0.5) is 11.4 Å². The second kappa shape index (κ2) is 10.3. The Balaban J connectivity index is 1.41. The molecule has 166 valence electrons. The van der Waals surface area contributed by atoms with E-state index in [0.717, 1.165) is 15.7 Å². The van der Waals surface area contributed by atoms with Crippen LogP contribution in [-0.4, -0.2) is 17.1 Å². The van der Waals surface area contributed by atoms with E-state index in [9.17, 15) is 9.59 Å². The number of nitrogens with one attached hydrogen (secondary N) is 2. The molecule has 0 radical (unpaired) electrons. The van der Waals surface area contributed by atoms with Crippen LogP contribution in [0.15, 0.2) is 89.8 Å². The summed E-state index contributed by atoms with van der Waals surface area (Å²) in [6.07, 6.45) is 0. The number of amides is 2. The fourth-order valence-electron chi connectivity index (χ4n) is 3.31. The summed E-state index contributed by atoms with van der Waals surface area (Å²) >= 11 is 13.4. The van der Waals surface area contributed by atoms with Gasteiger partial charge in [-0.2, -0.15) is 0 Å². The molecule has 0 heterocycles. The van der Waals surface area contributed by atoms with Gasteiger partial charge < -0.3 is 10.6 Å². The fourth-order valence-corrected chi connectivity index (χ4v) is 4.76. The number of hydrogen-bond acceptors (Lipinski definition) is 3. The lowest BCUT2D eigenvalue weighted by molar-refractivity contribution is -0.115. The van der Waals surface area contributed by atoms with Crippen molar-refractivity contribution in [2.75, 3.05) is 10.6 Å². The van der Waals surface area contributed by atoms with Gasteiger partial charge in [0.25, 0.3) is 5.91 Å². The van der Waals surface area contributed by atoms with Gasteiger partial charge in [0, 0.05) is 31.9 Å². The standard InChI is InChI=1S/C26H20Cl2N2O2S/c1-16(25(31)30-23-13-20(27)12-21(28)14-23)33-24-8-4-7-22(15-24)29-26(32)19-10-9-17-5-2-3-6-18(17)11-19/h2-16H,1H3,(H,29,32)(H,30,31). The lowest BCUT2D eigenvalue weighted by atomic mass is 10.1. The number of anilines is 2. The Hall–Kier alpha value is -2.99. The number of hydrogen-bond donors (Lipinski definition) is 2. The Morgan fingerprint density at radius 2 is 1.48 bits per heavy atom. The van der Waals surface area contributed by atoms with Crippen molar-refractivity contribution in [3.05, 3.63) is 101 Å². The summed E-state index contributed by atoms with van der Waals surface area (Å²) < 4.78 is 0. The number of thioether (sulfide) groups is 1. The van der Waals surface area contributed by atoms with Crippen LogP contribution >= 0.6 is 35.0 Å². The van der Waals surface area contributed by atoms with E-state index >= 15 is 0 Å². The first-order valence-electron chi connectivity index (χ1n) is 10.2. The summed E-state index contributed by atoms with van der Waals surface area (Å²) in [5.74, 6) is -0.365. The number of rotatable bonds is 6. The molecule has 0 aromatic heterocycles. The zero-order chi connectivity index (χ0) is 23.4. The Kier molecular flexibility index (Phi) is 7.23. The zero-order valence-corrected chi connectivity index (χ0v) is 20.0. The van der Waals surface area contributed by atoms with Crippen LogP contribution in [0.1, 0.15) is 17.3 Å². The lowest BCUT2D eigenvalue weighted by Crippen LogP contribution is -2.22. The van der Waals surface area contributed by atoms with E-state index in [4.69, 9.17) is 23.2 Å². The maximum absolute atomic E-state index is 12.8. The van der Waals surface area contributed by atoms with Crippen molar-refractivity contribution < 1.29 is 9.59 Å². The van der Waals surface area contributed by atoms with E-state index in [1.165, 1.54) is 11.8 Å². The smallest absolute Gasteiger partial charge is 0.255 e. The maximum atomic E-state index is 12.8. The highest BCUT2D eigenvalue weighted by Crippen LogP contribution is 2.28. The third-order valence-corrected chi connectivity index (χ3v) is 6.45. The van der Waals surface area contributed by atoms with Crippen LogP contribution in [0.5, 0.6) is 0 Å². The molecule has 0 aliphatic heterocycles. The van der Waals surface area contributed by atoms with Crippen LogP contribution in [0.2, 0.25) is 10.0 Å². The SMILES string of the molecule is CC(Sc1cccc(NC(=O)c2ccc3ccccc3c2)c1)C(=O)Nc1cc(Cl)cc(Cl)c1. The molecule has 4 nitrogen and oxygen atoms in total. The second-order valence-corrected chi connectivity index (χ2v) is 9.74. The molecule has 4 rings (SSSR count). The molecular formula is C26H20Cl2N2O2S. The van der Waals surface area contributed by atoms with Crippen LogP contribution in [0, 0.1) is 0 Å². The molecule has 0 aliphatic carbocycles. The van der Waals surface area contributed by atoms with Crippen molar-refractivity contribution in [1.82, 2.24) is 0 Å². The largest absolute Gasteiger partial charge is 0.325 e. The van der Waals surface area contributed by atoms with Crippen molar-refractivity contribution in [3.8, 4) is 0 Å². The first kappa shape index (κ1) is 23.2. The van der Waals surface area contributed by atoms with Crippen molar-refractivity contribution in [3.63, 3.8) is 0 Å². The fraction of sp³-hybridized carbons (Fsp3) is 0.0769. The summed E-state index contributed by atoms with van der Waals surface area (Å²) in [6.45, 7) is 1.81. The molecule has 4 aromatic carbocycles. The quantitative estimate of drug-likeness (QED) is 0.272. The molecule has 0 saturated heterocycles. The molecular weight excluding hydrogens is 475 g/mol. The van der Waals surface area contributed by atoms with Crippen LogP contribution in [0.25, 0.3) is 10.8 Å². The van der Waals surface area contributed by atoms with E-state index in [1.807, 2.05) is 73.7 Å². The van der Waals surface area contributed by atoms with Crippen LogP contribution < -0.4 is 10.6 Å². The van der Waals surface area contributed by atoms with Gasteiger partial charge in [-0.25, -0.2) is 0 Å². The Bertz CT molecular complexity index is 1320. The third-order valence-electron chi connectivity index (χ3n) is 4.92. The number of halogens is 2. The van der Waals surface area contributed by atoms with Crippen molar-refractivity contribution in [2.24, 2.45) is 0 Å². The molecule has 0 saturated carbocycles. The summed E-state index contributed by atoms with van der Waals surface area (Å²) in [5, 5.41) is 8.38. The Labute approximate surface area is 206 Å². The van der Waals surface area contributed by atoms with Crippen molar-refractivity contribution in [1.29, 1.82) is 0 Å². The van der Waals surface area contributed by atoms with E-state index in [0.29, 0.717) is 27.0 Å². The van der Waals surface area contributed by atoms with Gasteiger partial charge in [-0.1, -0.05) is 59.6 Å². The maximum Gasteiger partial charge on any atom is 0.255 e. The highest BCUT2D eigenvalue weighted by atomic mass is 35.5. The minimum atomic E-state index is -0.380. The van der Waals surface area contributed by atoms with E-state index in [-0.39, 0.29) is 17.1 Å². The molecule has 1 atom stereocenters. The van der Waals surface area contributed by atoms with Crippen LogP contribution in [0.3, 0.4) is 0 Å². The predicted octanol–water partition coefficient (Wildman–Crippen LogP) is 7.52. The number of fused-ring (bicyclic) bond motifs is 1. The Morgan fingerprint density at radius 1 is 0.758 bits per heavy atom. The van der Waals surface area contributed by atoms with E-state index in [1.54, 1.807) is 18.2 Å².